The fourth-order valence-corrected chi connectivity index (χ4v) is 2.99. The zero-order valence-corrected chi connectivity index (χ0v) is 17.1. The molecule has 0 aliphatic carbocycles. The Balaban J connectivity index is 2.87. The first-order valence-electron chi connectivity index (χ1n) is 9.65. The van der Waals surface area contributed by atoms with E-state index in [9.17, 15) is 4.39 Å². The molecule has 0 aromatic carbocycles. The molecule has 150 valence electrons. The summed E-state index contributed by atoms with van der Waals surface area (Å²) >= 11 is 0. The minimum atomic E-state index is -0.708. The number of ether oxygens (including phenoxy) is 4. The summed E-state index contributed by atoms with van der Waals surface area (Å²) in [7, 11) is 2.19. The Labute approximate surface area is 154 Å². The summed E-state index contributed by atoms with van der Waals surface area (Å²) in [6.07, 6.45) is 3.16. The molecular formula is C18H36FO5P. The maximum atomic E-state index is 13.6. The van der Waals surface area contributed by atoms with Crippen LogP contribution in [0.15, 0.2) is 0 Å². The van der Waals surface area contributed by atoms with Crippen molar-refractivity contribution in [3.8, 4) is 0 Å². The predicted octanol–water partition coefficient (Wildman–Crippen LogP) is 4.04. The lowest BCUT2D eigenvalue weighted by Gasteiger charge is -2.44. The van der Waals surface area contributed by atoms with Gasteiger partial charge in [0.15, 0.2) is 6.29 Å². The van der Waals surface area contributed by atoms with Gasteiger partial charge in [0.1, 0.15) is 31.1 Å². The van der Waals surface area contributed by atoms with Crippen LogP contribution in [0.1, 0.15) is 59.3 Å². The molecule has 1 heterocycles. The Morgan fingerprint density at radius 3 is 1.72 bits per heavy atom. The molecule has 3 unspecified atom stereocenters. The third-order valence-electron chi connectivity index (χ3n) is 4.30. The summed E-state index contributed by atoms with van der Waals surface area (Å²) in [6, 6.07) is 0. The highest BCUT2D eigenvalue weighted by atomic mass is 31.0. The Morgan fingerprint density at radius 1 is 0.800 bits per heavy atom. The average Bonchev–Trinajstić information content (AvgIpc) is 2.63. The SMILES string of the molecule is CCCCOC1[C@H](OCCCC)C(CF)O[C@@H](OP)[C@H]1OCCCC. The molecule has 1 fully saturated rings. The predicted molar refractivity (Wildman–Crippen MR) is 99.4 cm³/mol. The average molecular weight is 382 g/mol. The highest BCUT2D eigenvalue weighted by molar-refractivity contribution is 7.09. The van der Waals surface area contributed by atoms with Gasteiger partial charge >= 0.3 is 0 Å². The van der Waals surface area contributed by atoms with E-state index < -0.39 is 37.4 Å². The molecule has 7 heteroatoms. The van der Waals surface area contributed by atoms with Crippen molar-refractivity contribution in [3.63, 3.8) is 0 Å². The largest absolute Gasteiger partial charge is 0.373 e. The Kier molecular flexibility index (Phi) is 13.2. The van der Waals surface area contributed by atoms with Crippen LogP contribution in [-0.4, -0.2) is 57.2 Å². The smallest absolute Gasteiger partial charge is 0.189 e. The van der Waals surface area contributed by atoms with Gasteiger partial charge in [0.25, 0.3) is 0 Å². The molecule has 1 aliphatic rings. The molecule has 0 bridgehead atoms. The number of rotatable bonds is 14. The minimum Gasteiger partial charge on any atom is -0.373 e. The number of halogens is 1. The van der Waals surface area contributed by atoms with Gasteiger partial charge in [-0.1, -0.05) is 40.0 Å². The van der Waals surface area contributed by atoms with Crippen LogP contribution in [0, 0.1) is 0 Å². The third-order valence-corrected chi connectivity index (χ3v) is 4.57. The fraction of sp³-hybridized carbons (Fsp3) is 1.00. The lowest BCUT2D eigenvalue weighted by Crippen LogP contribution is -2.61. The number of hydrogen-bond donors (Lipinski definition) is 0. The van der Waals surface area contributed by atoms with Crippen molar-refractivity contribution in [3.05, 3.63) is 0 Å². The van der Waals surface area contributed by atoms with Gasteiger partial charge in [0.2, 0.25) is 0 Å². The highest BCUT2D eigenvalue weighted by Crippen LogP contribution is 2.30. The van der Waals surface area contributed by atoms with E-state index in [1.165, 1.54) is 0 Å². The molecule has 0 radical (unpaired) electrons. The van der Waals surface area contributed by atoms with Crippen LogP contribution in [0.5, 0.6) is 0 Å². The highest BCUT2D eigenvalue weighted by Gasteiger charge is 2.48. The van der Waals surface area contributed by atoms with Crippen molar-refractivity contribution in [2.24, 2.45) is 0 Å². The van der Waals surface area contributed by atoms with Gasteiger partial charge in [-0.05, 0) is 19.3 Å². The van der Waals surface area contributed by atoms with Crippen molar-refractivity contribution in [2.45, 2.75) is 90.0 Å². The van der Waals surface area contributed by atoms with Crippen LogP contribution in [-0.2, 0) is 23.5 Å². The molecular weight excluding hydrogens is 346 g/mol. The Hall–Kier alpha value is 0.160. The molecule has 0 saturated carbocycles. The standard InChI is InChI=1S/C18H36FO5P/c1-4-7-10-20-15-14(13-19)23-18(24-25)17(22-12-9-6-3)16(15)21-11-8-5-2/h14-18H,4-13,25H2,1-3H3/t14?,15-,16?,17+,18+/m1/s1. The maximum Gasteiger partial charge on any atom is 0.189 e. The van der Waals surface area contributed by atoms with Crippen LogP contribution < -0.4 is 0 Å². The molecule has 0 amide bonds. The molecule has 0 aromatic rings. The Bertz CT molecular complexity index is 300. The van der Waals surface area contributed by atoms with Gasteiger partial charge in [-0.3, -0.25) is 0 Å². The fourth-order valence-electron chi connectivity index (χ4n) is 2.77. The van der Waals surface area contributed by atoms with E-state index in [4.69, 9.17) is 23.5 Å². The van der Waals surface area contributed by atoms with Gasteiger partial charge in [0, 0.05) is 29.3 Å². The molecule has 0 aromatic heterocycles. The lowest BCUT2D eigenvalue weighted by molar-refractivity contribution is -0.298. The van der Waals surface area contributed by atoms with Crippen molar-refractivity contribution in [1.82, 2.24) is 0 Å². The third kappa shape index (κ3) is 7.74. The first-order valence-corrected chi connectivity index (χ1v) is 10.1. The lowest BCUT2D eigenvalue weighted by atomic mass is 9.98. The number of unbranched alkanes of at least 4 members (excludes halogenated alkanes) is 3. The van der Waals surface area contributed by atoms with Gasteiger partial charge in [-0.25, -0.2) is 4.39 Å². The van der Waals surface area contributed by atoms with Crippen LogP contribution in [0.25, 0.3) is 0 Å². The van der Waals surface area contributed by atoms with E-state index in [1.807, 2.05) is 0 Å². The van der Waals surface area contributed by atoms with Gasteiger partial charge < -0.3 is 23.5 Å². The van der Waals surface area contributed by atoms with E-state index in [-0.39, 0.29) is 0 Å². The van der Waals surface area contributed by atoms with Crippen molar-refractivity contribution in [2.75, 3.05) is 26.5 Å². The topological polar surface area (TPSA) is 46.2 Å². The normalized spacial score (nSPS) is 29.9. The summed E-state index contributed by atoms with van der Waals surface area (Å²) in [4.78, 5) is 0. The van der Waals surface area contributed by atoms with Crippen LogP contribution in [0.3, 0.4) is 0 Å². The molecule has 1 saturated heterocycles. The first-order chi connectivity index (χ1) is 12.2. The van der Waals surface area contributed by atoms with Gasteiger partial charge in [0.05, 0.1) is 0 Å². The van der Waals surface area contributed by atoms with Crippen molar-refractivity contribution >= 4 is 9.47 Å². The molecule has 1 aliphatic heterocycles. The second kappa shape index (κ2) is 14.2. The van der Waals surface area contributed by atoms with E-state index in [0.717, 1.165) is 38.5 Å². The molecule has 1 rings (SSSR count). The summed E-state index contributed by atoms with van der Waals surface area (Å²) < 4.78 is 42.7. The second-order valence-electron chi connectivity index (χ2n) is 6.40. The van der Waals surface area contributed by atoms with E-state index in [0.29, 0.717) is 19.8 Å². The van der Waals surface area contributed by atoms with Crippen LogP contribution >= 0.6 is 9.47 Å². The molecule has 6 atom stereocenters. The van der Waals surface area contributed by atoms with Crippen LogP contribution in [0.4, 0.5) is 4.39 Å². The minimum absolute atomic E-state index is 0.402. The van der Waals surface area contributed by atoms with Gasteiger partial charge in [-0.15, -0.1) is 0 Å². The monoisotopic (exact) mass is 382 g/mol. The molecule has 0 N–H and O–H groups in total. The van der Waals surface area contributed by atoms with E-state index in [1.54, 1.807) is 0 Å². The second-order valence-corrected chi connectivity index (χ2v) is 6.67. The number of alkyl halides is 1. The zero-order chi connectivity index (χ0) is 18.5. The van der Waals surface area contributed by atoms with Crippen molar-refractivity contribution < 1.29 is 27.9 Å². The van der Waals surface area contributed by atoms with E-state index in [2.05, 4.69) is 30.2 Å². The summed E-state index contributed by atoms with van der Waals surface area (Å²) in [6.45, 7) is 7.40. The number of hydrogen-bond acceptors (Lipinski definition) is 5. The van der Waals surface area contributed by atoms with E-state index >= 15 is 0 Å². The molecule has 0 spiro atoms. The molecule has 5 nitrogen and oxygen atoms in total. The first kappa shape index (κ1) is 23.2. The summed E-state index contributed by atoms with van der Waals surface area (Å²) in [5.74, 6) is 0. The quantitative estimate of drug-likeness (QED) is 0.335. The maximum absolute atomic E-state index is 13.6. The van der Waals surface area contributed by atoms with Crippen molar-refractivity contribution in [1.29, 1.82) is 0 Å². The van der Waals surface area contributed by atoms with Gasteiger partial charge in [-0.2, -0.15) is 0 Å². The summed E-state index contributed by atoms with van der Waals surface area (Å²) in [5, 5.41) is 0. The van der Waals surface area contributed by atoms with Crippen LogP contribution in [0.2, 0.25) is 0 Å². The molecule has 25 heavy (non-hydrogen) atoms. The summed E-state index contributed by atoms with van der Waals surface area (Å²) in [5.41, 5.74) is 0. The zero-order valence-electron chi connectivity index (χ0n) is 16.0. The Morgan fingerprint density at radius 2 is 1.28 bits per heavy atom.